The number of unbranched alkanes of at least 4 members (excludes halogenated alkanes) is 3. The highest BCUT2D eigenvalue weighted by Gasteiger charge is 2.21. The Bertz CT molecular complexity index is 239. The number of amides is 1. The van der Waals surface area contributed by atoms with Crippen LogP contribution in [0.4, 0.5) is 0 Å². The SMILES string of the molecule is CCCCCC[C@H](NC(=O)C(C)C)C(=O)OC. The van der Waals surface area contributed by atoms with E-state index in [2.05, 4.69) is 12.2 Å². The highest BCUT2D eigenvalue weighted by molar-refractivity contribution is 5.85. The number of esters is 1. The molecule has 0 saturated carbocycles. The van der Waals surface area contributed by atoms with E-state index in [1.165, 1.54) is 7.11 Å². The monoisotopic (exact) mass is 243 g/mol. The minimum absolute atomic E-state index is 0.101. The van der Waals surface area contributed by atoms with Crippen molar-refractivity contribution in [1.82, 2.24) is 5.32 Å². The summed E-state index contributed by atoms with van der Waals surface area (Å²) in [6, 6.07) is -0.494. The lowest BCUT2D eigenvalue weighted by molar-refractivity contribution is -0.145. The average molecular weight is 243 g/mol. The molecule has 4 heteroatoms. The Morgan fingerprint density at radius 1 is 1.18 bits per heavy atom. The first kappa shape index (κ1) is 15.9. The summed E-state index contributed by atoms with van der Waals surface area (Å²) in [5.74, 6) is -0.566. The maximum Gasteiger partial charge on any atom is 0.328 e. The van der Waals surface area contributed by atoms with Crippen LogP contribution in [0.5, 0.6) is 0 Å². The van der Waals surface area contributed by atoms with E-state index in [4.69, 9.17) is 4.74 Å². The zero-order valence-electron chi connectivity index (χ0n) is 11.4. The number of carbonyl (C=O) groups is 2. The lowest BCUT2D eigenvalue weighted by atomic mass is 10.1. The summed E-state index contributed by atoms with van der Waals surface area (Å²) in [6.07, 6.45) is 4.99. The van der Waals surface area contributed by atoms with Gasteiger partial charge in [-0.1, -0.05) is 46.5 Å². The summed E-state index contributed by atoms with van der Waals surface area (Å²) in [4.78, 5) is 23.0. The zero-order valence-corrected chi connectivity index (χ0v) is 11.4. The molecular weight excluding hydrogens is 218 g/mol. The van der Waals surface area contributed by atoms with Crippen LogP contribution < -0.4 is 5.32 Å². The van der Waals surface area contributed by atoms with E-state index in [1.807, 2.05) is 0 Å². The van der Waals surface area contributed by atoms with Gasteiger partial charge in [0.2, 0.25) is 5.91 Å². The molecule has 0 rings (SSSR count). The smallest absolute Gasteiger partial charge is 0.328 e. The van der Waals surface area contributed by atoms with E-state index in [1.54, 1.807) is 13.8 Å². The lowest BCUT2D eigenvalue weighted by Gasteiger charge is -2.17. The van der Waals surface area contributed by atoms with Crippen molar-refractivity contribution in [2.75, 3.05) is 7.11 Å². The molecule has 0 radical (unpaired) electrons. The number of rotatable bonds is 8. The van der Waals surface area contributed by atoms with E-state index < -0.39 is 6.04 Å². The highest BCUT2D eigenvalue weighted by atomic mass is 16.5. The molecule has 0 bridgehead atoms. The van der Waals surface area contributed by atoms with Gasteiger partial charge >= 0.3 is 5.97 Å². The summed E-state index contributed by atoms with van der Waals surface area (Å²) in [7, 11) is 1.35. The second-order valence-electron chi connectivity index (χ2n) is 4.59. The number of ether oxygens (including phenoxy) is 1. The van der Waals surface area contributed by atoms with Crippen molar-refractivity contribution in [3.63, 3.8) is 0 Å². The Kier molecular flexibility index (Phi) is 8.46. The molecule has 0 saturated heterocycles. The molecule has 4 nitrogen and oxygen atoms in total. The maximum atomic E-state index is 11.5. The maximum absolute atomic E-state index is 11.5. The van der Waals surface area contributed by atoms with Crippen molar-refractivity contribution in [3.8, 4) is 0 Å². The van der Waals surface area contributed by atoms with E-state index >= 15 is 0 Å². The Labute approximate surface area is 104 Å². The summed E-state index contributed by atoms with van der Waals surface area (Å²) < 4.78 is 4.70. The molecule has 0 aromatic carbocycles. The zero-order chi connectivity index (χ0) is 13.3. The molecule has 0 heterocycles. The Morgan fingerprint density at radius 2 is 1.82 bits per heavy atom. The van der Waals surface area contributed by atoms with Gasteiger partial charge in [0.05, 0.1) is 7.11 Å². The predicted octanol–water partition coefficient (Wildman–Crippen LogP) is 2.27. The minimum Gasteiger partial charge on any atom is -0.467 e. The van der Waals surface area contributed by atoms with Gasteiger partial charge in [0.25, 0.3) is 0 Å². The minimum atomic E-state index is -0.494. The number of carbonyl (C=O) groups excluding carboxylic acids is 2. The lowest BCUT2D eigenvalue weighted by Crippen LogP contribution is -2.43. The number of hydrogen-bond acceptors (Lipinski definition) is 3. The van der Waals surface area contributed by atoms with Gasteiger partial charge in [-0.25, -0.2) is 4.79 Å². The van der Waals surface area contributed by atoms with Crippen LogP contribution in [0, 0.1) is 5.92 Å². The Morgan fingerprint density at radius 3 is 2.29 bits per heavy atom. The molecule has 100 valence electrons. The average Bonchev–Trinajstić information content (AvgIpc) is 2.31. The number of nitrogens with one attached hydrogen (secondary N) is 1. The molecule has 1 amide bonds. The molecular formula is C13H25NO3. The topological polar surface area (TPSA) is 55.4 Å². The molecule has 0 aliphatic heterocycles. The third-order valence-corrected chi connectivity index (χ3v) is 2.67. The fraction of sp³-hybridized carbons (Fsp3) is 0.846. The van der Waals surface area contributed by atoms with Crippen LogP contribution in [0.25, 0.3) is 0 Å². The first-order valence-corrected chi connectivity index (χ1v) is 6.41. The molecule has 0 aromatic rings. The van der Waals surface area contributed by atoms with Crippen molar-refractivity contribution in [2.24, 2.45) is 5.92 Å². The number of hydrogen-bond donors (Lipinski definition) is 1. The molecule has 0 spiro atoms. The van der Waals surface area contributed by atoms with Gasteiger partial charge < -0.3 is 10.1 Å². The van der Waals surface area contributed by atoms with E-state index in [0.29, 0.717) is 6.42 Å². The second kappa shape index (κ2) is 9.02. The van der Waals surface area contributed by atoms with Crippen LogP contribution in [0.2, 0.25) is 0 Å². The standard InChI is InChI=1S/C13H25NO3/c1-5-6-7-8-9-11(13(16)17-4)14-12(15)10(2)3/h10-11H,5-9H2,1-4H3,(H,14,15)/t11-/m0/s1. The van der Waals surface area contributed by atoms with E-state index in [9.17, 15) is 9.59 Å². The fourth-order valence-electron chi connectivity index (χ4n) is 1.50. The quantitative estimate of drug-likeness (QED) is 0.525. The van der Waals surface area contributed by atoms with Gasteiger partial charge in [0, 0.05) is 5.92 Å². The van der Waals surface area contributed by atoms with Crippen molar-refractivity contribution in [3.05, 3.63) is 0 Å². The highest BCUT2D eigenvalue weighted by Crippen LogP contribution is 2.07. The van der Waals surface area contributed by atoms with Crippen LogP contribution in [0.3, 0.4) is 0 Å². The summed E-state index contributed by atoms with van der Waals surface area (Å²) >= 11 is 0. The summed E-state index contributed by atoms with van der Waals surface area (Å²) in [5, 5.41) is 2.73. The van der Waals surface area contributed by atoms with Crippen molar-refractivity contribution in [1.29, 1.82) is 0 Å². The first-order chi connectivity index (χ1) is 8.02. The fourth-order valence-corrected chi connectivity index (χ4v) is 1.50. The van der Waals surface area contributed by atoms with Crippen LogP contribution in [-0.4, -0.2) is 25.0 Å². The number of methoxy groups -OCH3 is 1. The normalized spacial score (nSPS) is 12.3. The van der Waals surface area contributed by atoms with Crippen LogP contribution in [0.15, 0.2) is 0 Å². The first-order valence-electron chi connectivity index (χ1n) is 6.41. The molecule has 0 fully saturated rings. The molecule has 0 aliphatic carbocycles. The molecule has 0 unspecified atom stereocenters. The third-order valence-electron chi connectivity index (χ3n) is 2.67. The largest absolute Gasteiger partial charge is 0.467 e. The van der Waals surface area contributed by atoms with Gasteiger partial charge in [-0.05, 0) is 6.42 Å². The second-order valence-corrected chi connectivity index (χ2v) is 4.59. The van der Waals surface area contributed by atoms with Gasteiger partial charge in [-0.15, -0.1) is 0 Å². The van der Waals surface area contributed by atoms with E-state index in [0.717, 1.165) is 25.7 Å². The Hall–Kier alpha value is -1.06. The van der Waals surface area contributed by atoms with Crippen LogP contribution in [0.1, 0.15) is 52.9 Å². The molecule has 1 atom stereocenters. The van der Waals surface area contributed by atoms with Gasteiger partial charge in [-0.2, -0.15) is 0 Å². The van der Waals surface area contributed by atoms with Crippen LogP contribution in [-0.2, 0) is 14.3 Å². The molecule has 0 aliphatic rings. The van der Waals surface area contributed by atoms with Gasteiger partial charge in [0.1, 0.15) is 6.04 Å². The molecule has 1 N–H and O–H groups in total. The summed E-state index contributed by atoms with van der Waals surface area (Å²) in [5.41, 5.74) is 0. The van der Waals surface area contributed by atoms with Crippen LogP contribution >= 0.6 is 0 Å². The van der Waals surface area contributed by atoms with Gasteiger partial charge in [-0.3, -0.25) is 4.79 Å². The Balaban J connectivity index is 4.15. The third kappa shape index (κ3) is 6.97. The molecule has 0 aromatic heterocycles. The van der Waals surface area contributed by atoms with Crippen molar-refractivity contribution < 1.29 is 14.3 Å². The summed E-state index contributed by atoms with van der Waals surface area (Å²) in [6.45, 7) is 5.75. The van der Waals surface area contributed by atoms with Crippen molar-refractivity contribution >= 4 is 11.9 Å². The van der Waals surface area contributed by atoms with E-state index in [-0.39, 0.29) is 17.8 Å². The molecule has 17 heavy (non-hydrogen) atoms. The van der Waals surface area contributed by atoms with Crippen molar-refractivity contribution in [2.45, 2.75) is 58.9 Å². The predicted molar refractivity (Wildman–Crippen MR) is 67.5 cm³/mol. The van der Waals surface area contributed by atoms with Gasteiger partial charge in [0.15, 0.2) is 0 Å².